The second-order valence-corrected chi connectivity index (χ2v) is 4.55. The number of benzene rings is 1. The summed E-state index contributed by atoms with van der Waals surface area (Å²) in [4.78, 5) is 10.4. The van der Waals surface area contributed by atoms with E-state index < -0.39 is 5.97 Å². The Morgan fingerprint density at radius 2 is 2.17 bits per heavy atom. The summed E-state index contributed by atoms with van der Waals surface area (Å²) in [6, 6.07) is 6.20. The van der Waals surface area contributed by atoms with E-state index in [9.17, 15) is 4.79 Å². The van der Waals surface area contributed by atoms with E-state index in [2.05, 4.69) is 37.4 Å². The van der Waals surface area contributed by atoms with E-state index in [4.69, 9.17) is 9.84 Å². The lowest BCUT2D eigenvalue weighted by Gasteiger charge is -2.12. The molecule has 1 rings (SSSR count). The van der Waals surface area contributed by atoms with Gasteiger partial charge in [0.15, 0.2) is 0 Å². The molecule has 0 amide bonds. The van der Waals surface area contributed by atoms with Crippen molar-refractivity contribution in [2.45, 2.75) is 26.2 Å². The molecule has 0 aliphatic heterocycles. The van der Waals surface area contributed by atoms with E-state index in [1.54, 1.807) is 7.11 Å². The van der Waals surface area contributed by atoms with Crippen molar-refractivity contribution in [3.8, 4) is 5.75 Å². The molecule has 0 spiro atoms. The summed E-state index contributed by atoms with van der Waals surface area (Å²) in [5, 5.41) is 11.4. The van der Waals surface area contributed by atoms with Crippen molar-refractivity contribution < 1.29 is 14.6 Å². The molecule has 0 heterocycles. The van der Waals surface area contributed by atoms with Gasteiger partial charge in [0, 0.05) is 0 Å². The number of nitrogens with one attached hydrogen (secondary N) is 1. The number of carboxylic acids is 1. The van der Waals surface area contributed by atoms with Gasteiger partial charge in [0.1, 0.15) is 5.75 Å². The van der Waals surface area contributed by atoms with Crippen molar-refractivity contribution in [2.75, 3.05) is 20.2 Å². The lowest BCUT2D eigenvalue weighted by molar-refractivity contribution is -0.135. The van der Waals surface area contributed by atoms with Crippen molar-refractivity contribution in [2.24, 2.45) is 0 Å². The van der Waals surface area contributed by atoms with Crippen molar-refractivity contribution in [1.29, 1.82) is 0 Å². The summed E-state index contributed by atoms with van der Waals surface area (Å²) in [7, 11) is 1.66. The predicted octanol–water partition coefficient (Wildman–Crippen LogP) is 2.04. The second kappa shape index (κ2) is 7.01. The molecule has 1 aromatic rings. The maximum atomic E-state index is 10.4. The Bertz CT molecular complexity index is 402. The standard InChI is InChI=1S/C14H21NO3/c1-10(2)12-5-4-11(13(8-12)18-3)6-7-15-9-14(16)17/h4-5,8,10,15H,6-7,9H2,1-3H3,(H,16,17). The van der Waals surface area contributed by atoms with Gasteiger partial charge in [-0.15, -0.1) is 0 Å². The maximum absolute atomic E-state index is 10.4. The van der Waals surface area contributed by atoms with Crippen LogP contribution >= 0.6 is 0 Å². The zero-order valence-corrected chi connectivity index (χ0v) is 11.2. The first-order chi connectivity index (χ1) is 8.54. The molecule has 4 heteroatoms. The van der Waals surface area contributed by atoms with E-state index in [0.717, 1.165) is 17.7 Å². The van der Waals surface area contributed by atoms with Gasteiger partial charge in [0.05, 0.1) is 13.7 Å². The molecular weight excluding hydrogens is 230 g/mol. The lowest BCUT2D eigenvalue weighted by atomic mass is 10.00. The Hall–Kier alpha value is -1.55. The summed E-state index contributed by atoms with van der Waals surface area (Å²) in [5.41, 5.74) is 2.34. The van der Waals surface area contributed by atoms with Gasteiger partial charge in [-0.25, -0.2) is 0 Å². The molecule has 4 nitrogen and oxygen atoms in total. The Labute approximate surface area is 108 Å². The van der Waals surface area contributed by atoms with Crippen LogP contribution in [-0.4, -0.2) is 31.3 Å². The molecule has 0 aliphatic rings. The highest BCUT2D eigenvalue weighted by Gasteiger charge is 2.07. The molecule has 0 atom stereocenters. The second-order valence-electron chi connectivity index (χ2n) is 4.55. The Morgan fingerprint density at radius 3 is 2.72 bits per heavy atom. The van der Waals surface area contributed by atoms with Crippen LogP contribution in [0.2, 0.25) is 0 Å². The molecule has 0 aliphatic carbocycles. The van der Waals surface area contributed by atoms with E-state index in [1.807, 2.05) is 0 Å². The number of carbonyl (C=O) groups is 1. The van der Waals surface area contributed by atoms with Crippen molar-refractivity contribution >= 4 is 5.97 Å². The normalized spacial score (nSPS) is 10.7. The largest absolute Gasteiger partial charge is 0.496 e. The molecule has 0 saturated carbocycles. The van der Waals surface area contributed by atoms with Gasteiger partial charge in [-0.3, -0.25) is 4.79 Å². The van der Waals surface area contributed by atoms with Gasteiger partial charge in [0.25, 0.3) is 0 Å². The van der Waals surface area contributed by atoms with Gasteiger partial charge < -0.3 is 15.2 Å². The van der Waals surface area contributed by atoms with Gasteiger partial charge in [-0.05, 0) is 36.1 Å². The van der Waals surface area contributed by atoms with Gasteiger partial charge in [0.2, 0.25) is 0 Å². The number of hydrogen-bond donors (Lipinski definition) is 2. The lowest BCUT2D eigenvalue weighted by Crippen LogP contribution is -2.24. The minimum Gasteiger partial charge on any atom is -0.496 e. The molecule has 1 aromatic carbocycles. The monoisotopic (exact) mass is 251 g/mol. The molecule has 0 unspecified atom stereocenters. The summed E-state index contributed by atoms with van der Waals surface area (Å²) < 4.78 is 5.37. The predicted molar refractivity (Wildman–Crippen MR) is 71.3 cm³/mol. The van der Waals surface area contributed by atoms with Crippen molar-refractivity contribution in [1.82, 2.24) is 5.32 Å². The fourth-order valence-electron chi connectivity index (χ4n) is 1.75. The highest BCUT2D eigenvalue weighted by Crippen LogP contribution is 2.24. The number of carboxylic acid groups (broad SMARTS) is 1. The third-order valence-corrected chi connectivity index (χ3v) is 2.83. The smallest absolute Gasteiger partial charge is 0.317 e. The third-order valence-electron chi connectivity index (χ3n) is 2.83. The van der Waals surface area contributed by atoms with Gasteiger partial charge >= 0.3 is 5.97 Å². The van der Waals surface area contributed by atoms with Gasteiger partial charge in [-0.1, -0.05) is 26.0 Å². The molecular formula is C14H21NO3. The van der Waals surface area contributed by atoms with Crippen LogP contribution < -0.4 is 10.1 Å². The Balaban J connectivity index is 2.62. The molecule has 18 heavy (non-hydrogen) atoms. The van der Waals surface area contributed by atoms with Crippen LogP contribution in [0.15, 0.2) is 18.2 Å². The summed E-state index contributed by atoms with van der Waals surface area (Å²) in [5.74, 6) is 0.508. The van der Waals surface area contributed by atoms with Crippen LogP contribution in [0.1, 0.15) is 30.9 Å². The van der Waals surface area contributed by atoms with Crippen LogP contribution in [0.4, 0.5) is 0 Å². The Morgan fingerprint density at radius 1 is 1.44 bits per heavy atom. The average Bonchev–Trinajstić information content (AvgIpc) is 2.34. The first kappa shape index (κ1) is 14.5. The van der Waals surface area contributed by atoms with Crippen LogP contribution in [-0.2, 0) is 11.2 Å². The maximum Gasteiger partial charge on any atom is 0.317 e. The van der Waals surface area contributed by atoms with Gasteiger partial charge in [-0.2, -0.15) is 0 Å². The molecule has 0 bridgehead atoms. The summed E-state index contributed by atoms with van der Waals surface area (Å²) in [6.07, 6.45) is 0.759. The minimum absolute atomic E-state index is 0.00755. The van der Waals surface area contributed by atoms with Crippen LogP contribution in [0.3, 0.4) is 0 Å². The van der Waals surface area contributed by atoms with Crippen LogP contribution in [0, 0.1) is 0 Å². The topological polar surface area (TPSA) is 58.6 Å². The van der Waals surface area contributed by atoms with Crippen LogP contribution in [0.5, 0.6) is 5.75 Å². The molecule has 100 valence electrons. The van der Waals surface area contributed by atoms with Crippen LogP contribution in [0.25, 0.3) is 0 Å². The van der Waals surface area contributed by atoms with Crippen molar-refractivity contribution in [3.05, 3.63) is 29.3 Å². The van der Waals surface area contributed by atoms with E-state index in [1.165, 1.54) is 5.56 Å². The number of hydrogen-bond acceptors (Lipinski definition) is 3. The quantitative estimate of drug-likeness (QED) is 0.728. The Kier molecular flexibility index (Phi) is 5.65. The SMILES string of the molecule is COc1cc(C(C)C)ccc1CCNCC(=O)O. The van der Waals surface area contributed by atoms with Crippen molar-refractivity contribution in [3.63, 3.8) is 0 Å². The first-order valence-corrected chi connectivity index (χ1v) is 6.14. The fraction of sp³-hybridized carbons (Fsp3) is 0.500. The molecule has 0 saturated heterocycles. The molecule has 0 aromatic heterocycles. The summed E-state index contributed by atoms with van der Waals surface area (Å²) >= 11 is 0. The number of ether oxygens (including phenoxy) is 1. The molecule has 0 fully saturated rings. The highest BCUT2D eigenvalue weighted by molar-refractivity contribution is 5.68. The average molecular weight is 251 g/mol. The third kappa shape index (κ3) is 4.37. The highest BCUT2D eigenvalue weighted by atomic mass is 16.5. The first-order valence-electron chi connectivity index (χ1n) is 6.14. The fourth-order valence-corrected chi connectivity index (χ4v) is 1.75. The molecule has 2 N–H and O–H groups in total. The minimum atomic E-state index is -0.836. The number of aliphatic carboxylic acids is 1. The van der Waals surface area contributed by atoms with E-state index >= 15 is 0 Å². The number of rotatable bonds is 7. The summed E-state index contributed by atoms with van der Waals surface area (Å²) in [6.45, 7) is 4.90. The van der Waals surface area contributed by atoms with E-state index in [0.29, 0.717) is 12.5 Å². The number of methoxy groups -OCH3 is 1. The van der Waals surface area contributed by atoms with E-state index in [-0.39, 0.29) is 6.54 Å². The molecule has 0 radical (unpaired) electrons. The zero-order chi connectivity index (χ0) is 13.5. The zero-order valence-electron chi connectivity index (χ0n) is 11.2.